The Morgan fingerprint density at radius 2 is 2.09 bits per heavy atom. The van der Waals surface area contributed by atoms with Crippen molar-refractivity contribution in [2.24, 2.45) is 5.41 Å². The predicted molar refractivity (Wildman–Crippen MR) is 84.8 cm³/mol. The van der Waals surface area contributed by atoms with Gasteiger partial charge in [-0.25, -0.2) is 0 Å². The van der Waals surface area contributed by atoms with Crippen molar-refractivity contribution >= 4 is 5.97 Å². The summed E-state index contributed by atoms with van der Waals surface area (Å²) in [5, 5.41) is 9.59. The molecule has 3 heterocycles. The van der Waals surface area contributed by atoms with E-state index in [1.807, 2.05) is 20.8 Å². The fraction of sp³-hybridized carbons (Fsp3) is 0.944. The molecule has 3 rings (SSSR count). The van der Waals surface area contributed by atoms with Crippen LogP contribution in [0.2, 0.25) is 0 Å². The molecule has 0 aromatic heterocycles. The highest BCUT2D eigenvalue weighted by molar-refractivity contribution is 5.79. The Kier molecular flexibility index (Phi) is 4.73. The first kappa shape index (κ1) is 17.2. The predicted octanol–water partition coefficient (Wildman–Crippen LogP) is 2.93. The van der Waals surface area contributed by atoms with Crippen LogP contribution in [0.5, 0.6) is 0 Å². The molecule has 0 aromatic rings. The fourth-order valence-corrected chi connectivity index (χ4v) is 4.09. The molecule has 0 saturated carbocycles. The van der Waals surface area contributed by atoms with Gasteiger partial charge in [-0.15, -0.1) is 0 Å². The maximum Gasteiger partial charge on any atom is 0.314 e. The van der Waals surface area contributed by atoms with Gasteiger partial charge in [-0.05, 0) is 39.5 Å². The van der Waals surface area contributed by atoms with Crippen molar-refractivity contribution in [1.29, 1.82) is 0 Å². The molecule has 1 spiro atoms. The number of fused-ring (bicyclic) bond motifs is 1. The molecule has 5 atom stereocenters. The van der Waals surface area contributed by atoms with Gasteiger partial charge >= 0.3 is 5.97 Å². The highest BCUT2D eigenvalue weighted by Crippen LogP contribution is 2.51. The van der Waals surface area contributed by atoms with Crippen molar-refractivity contribution in [3.63, 3.8) is 0 Å². The van der Waals surface area contributed by atoms with Crippen molar-refractivity contribution in [2.45, 2.75) is 102 Å². The van der Waals surface area contributed by atoms with Crippen molar-refractivity contribution < 1.29 is 24.1 Å². The Morgan fingerprint density at radius 3 is 2.78 bits per heavy atom. The minimum absolute atomic E-state index is 0.157. The lowest BCUT2D eigenvalue weighted by Crippen LogP contribution is -2.37. The Hall–Kier alpha value is -0.650. The van der Waals surface area contributed by atoms with Crippen molar-refractivity contribution in [3.8, 4) is 0 Å². The van der Waals surface area contributed by atoms with Crippen LogP contribution >= 0.6 is 0 Å². The normalized spacial score (nSPS) is 39.7. The van der Waals surface area contributed by atoms with Gasteiger partial charge in [-0.3, -0.25) is 4.79 Å². The lowest BCUT2D eigenvalue weighted by atomic mass is 9.87. The Labute approximate surface area is 138 Å². The maximum atomic E-state index is 11.9. The molecule has 0 amide bonds. The summed E-state index contributed by atoms with van der Waals surface area (Å²) in [4.78, 5) is 11.9. The number of esters is 1. The van der Waals surface area contributed by atoms with E-state index in [0.717, 1.165) is 44.9 Å². The minimum atomic E-state index is -0.577. The first-order valence-electron chi connectivity index (χ1n) is 9.11. The Morgan fingerprint density at radius 1 is 1.30 bits per heavy atom. The van der Waals surface area contributed by atoms with Crippen LogP contribution in [0.4, 0.5) is 0 Å². The summed E-state index contributed by atoms with van der Waals surface area (Å²) in [5.74, 6) is -0.702. The highest BCUT2D eigenvalue weighted by atomic mass is 16.7. The smallest absolute Gasteiger partial charge is 0.314 e. The minimum Gasteiger partial charge on any atom is -0.459 e. The van der Waals surface area contributed by atoms with E-state index in [1.54, 1.807) is 0 Å². The summed E-state index contributed by atoms with van der Waals surface area (Å²) in [6, 6.07) is 0. The van der Waals surface area contributed by atoms with Crippen LogP contribution < -0.4 is 0 Å². The molecule has 3 fully saturated rings. The van der Waals surface area contributed by atoms with E-state index in [9.17, 15) is 9.90 Å². The number of carbonyl (C=O) groups excluding carboxylic acids is 1. The third-order valence-electron chi connectivity index (χ3n) is 5.70. The molecule has 5 heteroatoms. The van der Waals surface area contributed by atoms with Gasteiger partial charge in [-0.1, -0.05) is 19.8 Å². The molecule has 132 valence electrons. The van der Waals surface area contributed by atoms with E-state index < -0.39 is 11.2 Å². The Balaban J connectivity index is 1.46. The second-order valence-corrected chi connectivity index (χ2v) is 7.94. The molecule has 3 aliphatic rings. The summed E-state index contributed by atoms with van der Waals surface area (Å²) in [7, 11) is 0. The molecule has 0 radical (unpaired) electrons. The van der Waals surface area contributed by atoms with E-state index in [1.165, 1.54) is 0 Å². The molecule has 0 aliphatic carbocycles. The topological polar surface area (TPSA) is 65.0 Å². The van der Waals surface area contributed by atoms with E-state index in [2.05, 4.69) is 0 Å². The second kappa shape index (κ2) is 6.34. The number of aliphatic hydroxyl groups is 1. The molecule has 3 saturated heterocycles. The average Bonchev–Trinajstić information content (AvgIpc) is 3.13. The van der Waals surface area contributed by atoms with Crippen LogP contribution in [0.1, 0.15) is 72.1 Å². The van der Waals surface area contributed by atoms with Crippen LogP contribution in [0.15, 0.2) is 0 Å². The zero-order valence-corrected chi connectivity index (χ0v) is 14.5. The van der Waals surface area contributed by atoms with Gasteiger partial charge < -0.3 is 19.3 Å². The molecule has 5 nitrogen and oxygen atoms in total. The molecular formula is C18H30O5. The third-order valence-corrected chi connectivity index (χ3v) is 5.70. The van der Waals surface area contributed by atoms with Gasteiger partial charge in [0.2, 0.25) is 0 Å². The number of hydrogen-bond donors (Lipinski definition) is 1. The monoisotopic (exact) mass is 326 g/mol. The van der Waals surface area contributed by atoms with Crippen LogP contribution in [0, 0.1) is 5.41 Å². The Bertz CT molecular complexity index is 449. The van der Waals surface area contributed by atoms with Crippen LogP contribution in [0.25, 0.3) is 0 Å². The number of ether oxygens (including phenoxy) is 3. The number of unbranched alkanes of at least 4 members (excludes halogenated alkanes) is 1. The SMILES string of the molecule is CC[C@@H](O)CCCCC1CC[C@@]2(C[C@@H]3OC(=O)C(C)(C)[C@@H]3O2)O1. The lowest BCUT2D eigenvalue weighted by Gasteiger charge is -2.28. The van der Waals surface area contributed by atoms with Gasteiger partial charge in [0.25, 0.3) is 0 Å². The molecular weight excluding hydrogens is 296 g/mol. The molecule has 1 unspecified atom stereocenters. The maximum absolute atomic E-state index is 11.9. The van der Waals surface area contributed by atoms with Gasteiger partial charge in [0.05, 0.1) is 17.6 Å². The van der Waals surface area contributed by atoms with Crippen LogP contribution in [0.3, 0.4) is 0 Å². The number of aliphatic hydroxyl groups excluding tert-OH is 1. The van der Waals surface area contributed by atoms with E-state index >= 15 is 0 Å². The fourth-order valence-electron chi connectivity index (χ4n) is 4.09. The lowest BCUT2D eigenvalue weighted by molar-refractivity contribution is -0.228. The third kappa shape index (κ3) is 3.28. The van der Waals surface area contributed by atoms with Crippen LogP contribution in [-0.4, -0.2) is 41.3 Å². The van der Waals surface area contributed by atoms with Crippen molar-refractivity contribution in [3.05, 3.63) is 0 Å². The van der Waals surface area contributed by atoms with Gasteiger partial charge in [0.1, 0.15) is 12.2 Å². The first-order chi connectivity index (χ1) is 10.9. The summed E-state index contributed by atoms with van der Waals surface area (Å²) < 4.78 is 17.9. The first-order valence-corrected chi connectivity index (χ1v) is 9.11. The van der Waals surface area contributed by atoms with Gasteiger partial charge in [0, 0.05) is 12.8 Å². The molecule has 1 N–H and O–H groups in total. The van der Waals surface area contributed by atoms with Crippen molar-refractivity contribution in [1.82, 2.24) is 0 Å². The quantitative estimate of drug-likeness (QED) is 0.600. The van der Waals surface area contributed by atoms with E-state index in [-0.39, 0.29) is 30.4 Å². The number of carbonyl (C=O) groups is 1. The van der Waals surface area contributed by atoms with Crippen LogP contribution in [-0.2, 0) is 19.0 Å². The molecule has 23 heavy (non-hydrogen) atoms. The van der Waals surface area contributed by atoms with E-state index in [4.69, 9.17) is 14.2 Å². The van der Waals surface area contributed by atoms with Gasteiger partial charge in [0.15, 0.2) is 5.79 Å². The van der Waals surface area contributed by atoms with Gasteiger partial charge in [-0.2, -0.15) is 0 Å². The van der Waals surface area contributed by atoms with Crippen molar-refractivity contribution in [2.75, 3.05) is 0 Å². The summed E-state index contributed by atoms with van der Waals surface area (Å²) in [6.45, 7) is 5.80. The zero-order chi connectivity index (χ0) is 16.7. The number of hydrogen-bond acceptors (Lipinski definition) is 5. The highest BCUT2D eigenvalue weighted by Gasteiger charge is 2.63. The summed E-state index contributed by atoms with van der Waals surface area (Å²) in [6.07, 6.45) is 7.10. The summed E-state index contributed by atoms with van der Waals surface area (Å²) >= 11 is 0. The molecule has 3 aliphatic heterocycles. The largest absolute Gasteiger partial charge is 0.459 e. The van der Waals surface area contributed by atoms with E-state index in [0.29, 0.717) is 6.42 Å². The second-order valence-electron chi connectivity index (χ2n) is 7.94. The average molecular weight is 326 g/mol. The zero-order valence-electron chi connectivity index (χ0n) is 14.5. The molecule has 0 aromatic carbocycles. The standard InChI is InChI=1S/C18H30O5/c1-4-12(19)7-5-6-8-13-9-10-18(22-13)11-14-15(23-18)17(2,3)16(20)21-14/h12-15,19H,4-11H2,1-3H3/t12-,13?,14+,15-,18-/m1/s1. The summed E-state index contributed by atoms with van der Waals surface area (Å²) in [5.41, 5.74) is -0.577. The number of rotatable bonds is 6. The molecule has 0 bridgehead atoms.